The topological polar surface area (TPSA) is 94.6 Å². The zero-order valence-corrected chi connectivity index (χ0v) is 23.7. The van der Waals surface area contributed by atoms with Crippen molar-refractivity contribution >= 4 is 23.2 Å². The van der Waals surface area contributed by atoms with Crippen molar-refractivity contribution in [2.24, 2.45) is 0 Å². The standard InChI is InChI=1S/C31H38N4O3S/c1-20-19-39-29(32-20)26-13-8-16-35(26)30(38)23-12-7-11-22(18-23)28(37)33-25(17-21-9-5-4-6-10-21)27(36)24-14-15-31(2,3)34-24/h4-7,9-12,18-19,24-27,34,36H,8,13-17H2,1-3H3,(H,33,37)/t24-,25+,26+,27+/m0/s1. The van der Waals surface area contributed by atoms with Crippen molar-refractivity contribution in [3.05, 3.63) is 87.4 Å². The van der Waals surface area contributed by atoms with E-state index in [0.29, 0.717) is 24.1 Å². The number of carbonyl (C=O) groups excluding carboxylic acids is 2. The summed E-state index contributed by atoms with van der Waals surface area (Å²) in [5.41, 5.74) is 2.86. The average molecular weight is 547 g/mol. The number of aliphatic hydroxyl groups is 1. The summed E-state index contributed by atoms with van der Waals surface area (Å²) in [4.78, 5) is 33.5. The number of aliphatic hydroxyl groups excluding tert-OH is 1. The minimum absolute atomic E-state index is 0.0257. The zero-order chi connectivity index (χ0) is 27.6. The Balaban J connectivity index is 1.33. The fourth-order valence-corrected chi connectivity index (χ4v) is 6.77. The van der Waals surface area contributed by atoms with E-state index in [2.05, 4.69) is 29.5 Å². The second-order valence-electron chi connectivity index (χ2n) is 11.5. The summed E-state index contributed by atoms with van der Waals surface area (Å²) in [6.45, 7) is 6.91. The maximum Gasteiger partial charge on any atom is 0.254 e. The number of aryl methyl sites for hydroxylation is 1. The van der Waals surface area contributed by atoms with Gasteiger partial charge < -0.3 is 20.6 Å². The third-order valence-corrected chi connectivity index (χ3v) is 8.97. The Labute approximate surface area is 234 Å². The van der Waals surface area contributed by atoms with Gasteiger partial charge in [0.15, 0.2) is 0 Å². The first kappa shape index (κ1) is 27.5. The van der Waals surface area contributed by atoms with Crippen molar-refractivity contribution in [2.75, 3.05) is 6.54 Å². The number of carbonyl (C=O) groups is 2. The van der Waals surface area contributed by atoms with Gasteiger partial charge in [-0.25, -0.2) is 4.98 Å². The Morgan fingerprint density at radius 2 is 1.92 bits per heavy atom. The van der Waals surface area contributed by atoms with Crippen LogP contribution in [-0.4, -0.2) is 57.1 Å². The number of likely N-dealkylation sites (tertiary alicyclic amines) is 1. The number of hydrogen-bond donors (Lipinski definition) is 3. The van der Waals surface area contributed by atoms with E-state index in [4.69, 9.17) is 0 Å². The summed E-state index contributed by atoms with van der Waals surface area (Å²) in [5.74, 6) is -0.381. The molecule has 2 aromatic carbocycles. The molecule has 0 saturated carbocycles. The molecule has 3 aromatic rings. The van der Waals surface area contributed by atoms with Gasteiger partial charge >= 0.3 is 0 Å². The van der Waals surface area contributed by atoms with E-state index in [1.165, 1.54) is 0 Å². The van der Waals surface area contributed by atoms with Crippen LogP contribution in [0.4, 0.5) is 0 Å². The summed E-state index contributed by atoms with van der Waals surface area (Å²) < 4.78 is 0. The van der Waals surface area contributed by atoms with Crippen LogP contribution in [0.5, 0.6) is 0 Å². The van der Waals surface area contributed by atoms with E-state index in [-0.39, 0.29) is 29.4 Å². The molecule has 2 fully saturated rings. The molecular weight excluding hydrogens is 508 g/mol. The van der Waals surface area contributed by atoms with Crippen LogP contribution in [0.3, 0.4) is 0 Å². The Morgan fingerprint density at radius 3 is 2.62 bits per heavy atom. The highest BCUT2D eigenvalue weighted by Crippen LogP contribution is 2.35. The van der Waals surface area contributed by atoms with Crippen molar-refractivity contribution in [3.63, 3.8) is 0 Å². The molecular formula is C31H38N4O3S. The van der Waals surface area contributed by atoms with Gasteiger partial charge in [0.25, 0.3) is 11.8 Å². The van der Waals surface area contributed by atoms with E-state index in [9.17, 15) is 14.7 Å². The van der Waals surface area contributed by atoms with Crippen LogP contribution in [0.1, 0.15) is 82.6 Å². The van der Waals surface area contributed by atoms with Gasteiger partial charge in [0.2, 0.25) is 0 Å². The number of hydrogen-bond acceptors (Lipinski definition) is 6. The summed E-state index contributed by atoms with van der Waals surface area (Å²) in [5, 5.41) is 21.0. The monoisotopic (exact) mass is 546 g/mol. The van der Waals surface area contributed by atoms with Gasteiger partial charge in [0.05, 0.1) is 18.2 Å². The first-order valence-electron chi connectivity index (χ1n) is 13.8. The zero-order valence-electron chi connectivity index (χ0n) is 22.9. The van der Waals surface area contributed by atoms with Gasteiger partial charge in [0.1, 0.15) is 5.01 Å². The smallest absolute Gasteiger partial charge is 0.254 e. The molecule has 3 N–H and O–H groups in total. The molecule has 7 nitrogen and oxygen atoms in total. The molecule has 8 heteroatoms. The molecule has 2 saturated heterocycles. The molecule has 0 aliphatic carbocycles. The molecule has 5 rings (SSSR count). The highest BCUT2D eigenvalue weighted by molar-refractivity contribution is 7.09. The molecule has 3 heterocycles. The van der Waals surface area contributed by atoms with Gasteiger partial charge in [-0.1, -0.05) is 36.4 Å². The molecule has 2 amide bonds. The third kappa shape index (κ3) is 6.40. The van der Waals surface area contributed by atoms with Crippen LogP contribution < -0.4 is 10.6 Å². The largest absolute Gasteiger partial charge is 0.389 e. The van der Waals surface area contributed by atoms with Crippen molar-refractivity contribution in [1.82, 2.24) is 20.5 Å². The third-order valence-electron chi connectivity index (χ3n) is 7.90. The number of thiazole rings is 1. The number of nitrogens with one attached hydrogen (secondary N) is 2. The Kier molecular flexibility index (Phi) is 8.16. The minimum atomic E-state index is -0.757. The second-order valence-corrected chi connectivity index (χ2v) is 12.4. The molecule has 0 spiro atoms. The van der Waals surface area contributed by atoms with Crippen molar-refractivity contribution in [3.8, 4) is 0 Å². The van der Waals surface area contributed by atoms with Crippen LogP contribution >= 0.6 is 11.3 Å². The first-order chi connectivity index (χ1) is 18.7. The summed E-state index contributed by atoms with van der Waals surface area (Å²) in [6.07, 6.45) is 3.38. The molecule has 39 heavy (non-hydrogen) atoms. The van der Waals surface area contributed by atoms with Crippen molar-refractivity contribution in [2.45, 2.75) is 82.6 Å². The van der Waals surface area contributed by atoms with E-state index in [0.717, 1.165) is 41.9 Å². The normalized spacial score (nSPS) is 22.0. The number of amides is 2. The van der Waals surface area contributed by atoms with Gasteiger partial charge in [-0.05, 0) is 76.6 Å². The molecule has 2 aliphatic heterocycles. The second kappa shape index (κ2) is 11.6. The lowest BCUT2D eigenvalue weighted by Gasteiger charge is -2.30. The van der Waals surface area contributed by atoms with Gasteiger partial charge in [0, 0.05) is 40.3 Å². The molecule has 1 aromatic heterocycles. The lowest BCUT2D eigenvalue weighted by Crippen LogP contribution is -2.54. The van der Waals surface area contributed by atoms with Crippen molar-refractivity contribution in [1.29, 1.82) is 0 Å². The van der Waals surface area contributed by atoms with E-state index in [1.807, 2.05) is 47.5 Å². The number of rotatable bonds is 8. The fourth-order valence-electron chi connectivity index (χ4n) is 5.83. The van der Waals surface area contributed by atoms with E-state index >= 15 is 0 Å². The quantitative estimate of drug-likeness (QED) is 0.382. The fraction of sp³-hybridized carbons (Fsp3) is 0.452. The Bertz CT molecular complexity index is 1310. The number of nitrogens with zero attached hydrogens (tertiary/aromatic N) is 2. The van der Waals surface area contributed by atoms with Crippen LogP contribution in [0, 0.1) is 6.92 Å². The molecule has 0 unspecified atom stereocenters. The van der Waals surface area contributed by atoms with Gasteiger partial charge in [-0.15, -0.1) is 11.3 Å². The summed E-state index contributed by atoms with van der Waals surface area (Å²) >= 11 is 1.59. The highest BCUT2D eigenvalue weighted by atomic mass is 32.1. The van der Waals surface area contributed by atoms with Crippen LogP contribution in [-0.2, 0) is 6.42 Å². The van der Waals surface area contributed by atoms with E-state index < -0.39 is 12.1 Å². The predicted octanol–water partition coefficient (Wildman–Crippen LogP) is 4.66. The molecule has 0 radical (unpaired) electrons. The summed E-state index contributed by atoms with van der Waals surface area (Å²) in [6, 6.07) is 16.2. The molecule has 2 aliphatic rings. The maximum atomic E-state index is 13.5. The molecule has 4 atom stereocenters. The predicted molar refractivity (Wildman–Crippen MR) is 154 cm³/mol. The SMILES string of the molecule is Cc1csc([C@H]2CCCN2C(=O)c2cccc(C(=O)N[C@H](Cc3ccccc3)[C@H](O)[C@@H]3CCC(C)(C)N3)c2)n1. The maximum absolute atomic E-state index is 13.5. The highest BCUT2D eigenvalue weighted by Gasteiger charge is 2.38. The van der Waals surface area contributed by atoms with Gasteiger partial charge in [-0.2, -0.15) is 0 Å². The van der Waals surface area contributed by atoms with E-state index in [1.54, 1.807) is 35.6 Å². The first-order valence-corrected chi connectivity index (χ1v) is 14.7. The van der Waals surface area contributed by atoms with Crippen LogP contribution in [0.25, 0.3) is 0 Å². The van der Waals surface area contributed by atoms with Crippen LogP contribution in [0.2, 0.25) is 0 Å². The molecule has 0 bridgehead atoms. The lowest BCUT2D eigenvalue weighted by atomic mass is 9.95. The minimum Gasteiger partial charge on any atom is -0.389 e. The Hall–Kier alpha value is -3.07. The van der Waals surface area contributed by atoms with Crippen LogP contribution in [0.15, 0.2) is 60.0 Å². The average Bonchev–Trinajstić information content (AvgIpc) is 3.67. The molecule has 206 valence electrons. The number of aromatic nitrogens is 1. The Morgan fingerprint density at radius 1 is 1.15 bits per heavy atom. The lowest BCUT2D eigenvalue weighted by molar-refractivity contribution is 0.0720. The summed E-state index contributed by atoms with van der Waals surface area (Å²) in [7, 11) is 0. The number of benzene rings is 2. The van der Waals surface area contributed by atoms with Gasteiger partial charge in [-0.3, -0.25) is 9.59 Å². The van der Waals surface area contributed by atoms with Crippen molar-refractivity contribution < 1.29 is 14.7 Å².